The van der Waals surface area contributed by atoms with Gasteiger partial charge in [-0.2, -0.15) is 0 Å². The van der Waals surface area contributed by atoms with Gasteiger partial charge in [-0.15, -0.1) is 0 Å². The largest absolute Gasteiger partial charge is 0.394 e. The van der Waals surface area contributed by atoms with E-state index in [1.165, 1.54) is 6.92 Å². The molecule has 194 valence electrons. The van der Waals surface area contributed by atoms with Crippen LogP contribution in [0, 0.1) is 0 Å². The van der Waals surface area contributed by atoms with Crippen LogP contribution in [0.1, 0.15) is 6.92 Å². The maximum atomic E-state index is 10.6. The highest BCUT2D eigenvalue weighted by Crippen LogP contribution is 2.32. The van der Waals surface area contributed by atoms with Crippen molar-refractivity contribution in [2.24, 2.45) is 0 Å². The van der Waals surface area contributed by atoms with Crippen LogP contribution in [0.2, 0.25) is 0 Å². The van der Waals surface area contributed by atoms with E-state index in [1.54, 1.807) is 0 Å². The van der Waals surface area contributed by atoms with Crippen LogP contribution in [0.15, 0.2) is 0 Å². The van der Waals surface area contributed by atoms with Gasteiger partial charge in [0, 0.05) is 0 Å². The molecule has 0 aromatic carbocycles. The Bertz CT molecular complexity index is 624. The molecule has 15 heteroatoms. The predicted molar refractivity (Wildman–Crippen MR) is 99.8 cm³/mol. The fourth-order valence-corrected chi connectivity index (χ4v) is 3.97. The molecule has 10 N–H and O–H groups in total. The first-order valence-electron chi connectivity index (χ1n) is 10.4. The van der Waals surface area contributed by atoms with Gasteiger partial charge >= 0.3 is 0 Å². The molecule has 3 rings (SSSR count). The Labute approximate surface area is 187 Å². The molecule has 3 aliphatic rings. The van der Waals surface area contributed by atoms with Crippen LogP contribution < -0.4 is 0 Å². The molecule has 3 saturated heterocycles. The Morgan fingerprint density at radius 3 is 1.73 bits per heavy atom. The summed E-state index contributed by atoms with van der Waals surface area (Å²) in [5.41, 5.74) is 0. The molecule has 0 aromatic heterocycles. The first-order chi connectivity index (χ1) is 15.5. The second kappa shape index (κ2) is 11.0. The van der Waals surface area contributed by atoms with E-state index in [4.69, 9.17) is 23.7 Å². The topological polar surface area (TPSA) is 248 Å². The number of ether oxygens (including phenoxy) is 5. The zero-order valence-electron chi connectivity index (χ0n) is 17.6. The van der Waals surface area contributed by atoms with Gasteiger partial charge in [-0.25, -0.2) is 0 Å². The fraction of sp³-hybridized carbons (Fsp3) is 1.00. The molecular formula is C18H32O15. The van der Waals surface area contributed by atoms with Crippen LogP contribution in [0.25, 0.3) is 0 Å². The summed E-state index contributed by atoms with van der Waals surface area (Å²) in [6.45, 7) is -0.0789. The van der Waals surface area contributed by atoms with Crippen LogP contribution in [0.3, 0.4) is 0 Å². The molecule has 0 amide bonds. The summed E-state index contributed by atoms with van der Waals surface area (Å²) >= 11 is 0. The predicted octanol–water partition coefficient (Wildman–Crippen LogP) is -6.55. The van der Waals surface area contributed by atoms with Crippen molar-refractivity contribution >= 4 is 0 Å². The van der Waals surface area contributed by atoms with Crippen molar-refractivity contribution in [3.05, 3.63) is 0 Å². The summed E-state index contributed by atoms with van der Waals surface area (Å²) in [6.07, 6.45) is -24.1. The Morgan fingerprint density at radius 1 is 0.545 bits per heavy atom. The summed E-state index contributed by atoms with van der Waals surface area (Å²) in [7, 11) is 0. The van der Waals surface area contributed by atoms with E-state index in [1.807, 2.05) is 0 Å². The summed E-state index contributed by atoms with van der Waals surface area (Å²) < 4.78 is 26.7. The summed E-state index contributed by atoms with van der Waals surface area (Å²) in [6, 6.07) is 0. The van der Waals surface area contributed by atoms with E-state index in [2.05, 4.69) is 0 Å². The third kappa shape index (κ3) is 5.32. The summed E-state index contributed by atoms with van der Waals surface area (Å²) in [5.74, 6) is 0. The minimum absolute atomic E-state index is 0.723. The minimum atomic E-state index is -1.84. The average Bonchev–Trinajstić information content (AvgIpc) is 2.79. The van der Waals surface area contributed by atoms with Crippen molar-refractivity contribution in [3.63, 3.8) is 0 Å². The standard InChI is InChI=1S/C18H32O15/c1-4-7(21)11(25)15(33-17-12(26)10(24)8(22)5(2-19)31-17)18(29-4)32-14-9(23)6(3-20)30-16(28)13(14)27/h4-28H,2-3H2,1H3/t4-,5+,6+,7-,8-,9+,10-,11+,12+,13+,14-,15+,16+,17-,18-/m0/s1. The van der Waals surface area contributed by atoms with Gasteiger partial charge in [-0.05, 0) is 6.92 Å². The van der Waals surface area contributed by atoms with E-state index < -0.39 is 105 Å². The number of hydrogen-bond donors (Lipinski definition) is 10. The van der Waals surface area contributed by atoms with Gasteiger partial charge in [0.2, 0.25) is 0 Å². The van der Waals surface area contributed by atoms with Gasteiger partial charge in [-0.3, -0.25) is 0 Å². The molecule has 0 aliphatic carbocycles. The Balaban J connectivity index is 1.81. The molecule has 3 fully saturated rings. The second-order valence-corrected chi connectivity index (χ2v) is 8.32. The SMILES string of the molecule is C[C@@H]1O[C@@H](O[C@@H]2[C@@H](O)[C@H](O)O[C@H](CO)[C@H]2O)[C@H](O[C@@H]2O[C@H](CO)[C@H](O)[C@H](O)[C@H]2O)[C@H](O)[C@H]1O. The average molecular weight is 488 g/mol. The zero-order chi connectivity index (χ0) is 24.6. The second-order valence-electron chi connectivity index (χ2n) is 8.32. The third-order valence-electron chi connectivity index (χ3n) is 6.06. The number of aliphatic hydroxyl groups excluding tert-OH is 10. The van der Waals surface area contributed by atoms with Gasteiger partial charge in [0.15, 0.2) is 18.9 Å². The molecule has 15 nitrogen and oxygen atoms in total. The lowest BCUT2D eigenvalue weighted by atomic mass is 9.96. The van der Waals surface area contributed by atoms with Crippen LogP contribution in [-0.2, 0) is 23.7 Å². The Kier molecular flexibility index (Phi) is 8.99. The Morgan fingerprint density at radius 2 is 1.12 bits per heavy atom. The molecule has 15 atom stereocenters. The van der Waals surface area contributed by atoms with Crippen molar-refractivity contribution in [2.45, 2.75) is 99.0 Å². The molecule has 33 heavy (non-hydrogen) atoms. The highest BCUT2D eigenvalue weighted by atomic mass is 16.8. The van der Waals surface area contributed by atoms with Crippen LogP contribution in [-0.4, -0.2) is 156 Å². The van der Waals surface area contributed by atoms with Gasteiger partial charge < -0.3 is 74.7 Å². The van der Waals surface area contributed by atoms with E-state index in [-0.39, 0.29) is 0 Å². The van der Waals surface area contributed by atoms with Gasteiger partial charge in [0.05, 0.1) is 19.3 Å². The quantitative estimate of drug-likeness (QED) is 0.167. The van der Waals surface area contributed by atoms with E-state index in [0.29, 0.717) is 0 Å². The molecule has 3 heterocycles. The van der Waals surface area contributed by atoms with Crippen LogP contribution in [0.4, 0.5) is 0 Å². The molecule has 0 unspecified atom stereocenters. The van der Waals surface area contributed by atoms with E-state index >= 15 is 0 Å². The highest BCUT2D eigenvalue weighted by molar-refractivity contribution is 4.95. The molecule has 3 aliphatic heterocycles. The van der Waals surface area contributed by atoms with Crippen LogP contribution >= 0.6 is 0 Å². The van der Waals surface area contributed by atoms with Crippen molar-refractivity contribution in [2.75, 3.05) is 13.2 Å². The smallest absolute Gasteiger partial charge is 0.187 e. The lowest BCUT2D eigenvalue weighted by Crippen LogP contribution is -2.66. The van der Waals surface area contributed by atoms with Gasteiger partial charge in [-0.1, -0.05) is 0 Å². The maximum absolute atomic E-state index is 10.6. The molecule has 0 radical (unpaired) electrons. The van der Waals surface area contributed by atoms with Crippen molar-refractivity contribution < 1.29 is 74.7 Å². The van der Waals surface area contributed by atoms with Crippen molar-refractivity contribution in [3.8, 4) is 0 Å². The highest BCUT2D eigenvalue weighted by Gasteiger charge is 2.53. The van der Waals surface area contributed by atoms with E-state index in [0.717, 1.165) is 0 Å². The fourth-order valence-electron chi connectivity index (χ4n) is 3.97. The third-order valence-corrected chi connectivity index (χ3v) is 6.06. The molecule has 0 aromatic rings. The van der Waals surface area contributed by atoms with Gasteiger partial charge in [0.25, 0.3) is 0 Å². The van der Waals surface area contributed by atoms with Gasteiger partial charge in [0.1, 0.15) is 67.1 Å². The van der Waals surface area contributed by atoms with Crippen molar-refractivity contribution in [1.29, 1.82) is 0 Å². The summed E-state index contributed by atoms with van der Waals surface area (Å²) in [5, 5.41) is 100.0. The van der Waals surface area contributed by atoms with E-state index in [9.17, 15) is 51.1 Å². The monoisotopic (exact) mass is 488 g/mol. The molecule has 0 saturated carbocycles. The number of aliphatic hydroxyl groups is 10. The lowest BCUT2D eigenvalue weighted by molar-refractivity contribution is -0.385. The number of hydrogen-bond acceptors (Lipinski definition) is 15. The first kappa shape index (κ1) is 27.0. The Hall–Kier alpha value is -0.600. The first-order valence-corrected chi connectivity index (χ1v) is 10.4. The molecule has 0 bridgehead atoms. The summed E-state index contributed by atoms with van der Waals surface area (Å²) in [4.78, 5) is 0. The molecule has 0 spiro atoms. The minimum Gasteiger partial charge on any atom is -0.394 e. The maximum Gasteiger partial charge on any atom is 0.187 e. The zero-order valence-corrected chi connectivity index (χ0v) is 17.6. The lowest BCUT2D eigenvalue weighted by Gasteiger charge is -2.48. The van der Waals surface area contributed by atoms with Crippen LogP contribution in [0.5, 0.6) is 0 Å². The normalized spacial score (nSPS) is 53.7. The van der Waals surface area contributed by atoms with Crippen molar-refractivity contribution in [1.82, 2.24) is 0 Å². The number of rotatable bonds is 6. The molecular weight excluding hydrogens is 456 g/mol.